The van der Waals surface area contributed by atoms with E-state index in [4.69, 9.17) is 9.47 Å². The minimum absolute atomic E-state index is 0.0136. The zero-order valence-corrected chi connectivity index (χ0v) is 17.6. The monoisotopic (exact) mass is 412 g/mol. The zero-order chi connectivity index (χ0) is 21.2. The molecule has 1 fully saturated rings. The summed E-state index contributed by atoms with van der Waals surface area (Å²) in [7, 11) is 1.43. The molecule has 3 rings (SSSR count). The molecule has 0 amide bonds. The van der Waals surface area contributed by atoms with Crippen LogP contribution in [0.15, 0.2) is 54.6 Å². The fourth-order valence-corrected chi connectivity index (χ4v) is 3.71. The van der Waals surface area contributed by atoms with E-state index in [0.717, 1.165) is 44.8 Å². The number of ether oxygens (including phenoxy) is 2. The molecular formula is C24H32N2O4. The summed E-state index contributed by atoms with van der Waals surface area (Å²) in [5, 5.41) is 13.7. The quantitative estimate of drug-likeness (QED) is 0.585. The van der Waals surface area contributed by atoms with Gasteiger partial charge in [0.25, 0.3) is 0 Å². The average Bonchev–Trinajstić information content (AvgIpc) is 2.79. The molecule has 2 aromatic carbocycles. The van der Waals surface area contributed by atoms with Crippen LogP contribution in [0.1, 0.15) is 24.0 Å². The number of piperidine rings is 1. The van der Waals surface area contributed by atoms with Gasteiger partial charge in [-0.2, -0.15) is 0 Å². The molecule has 1 saturated heterocycles. The Kier molecular flexibility index (Phi) is 8.68. The largest absolute Gasteiger partial charge is 0.491 e. The smallest absolute Gasteiger partial charge is 0.308 e. The van der Waals surface area contributed by atoms with Crippen LogP contribution in [0.5, 0.6) is 5.75 Å². The van der Waals surface area contributed by atoms with Gasteiger partial charge in [-0.15, -0.1) is 0 Å². The molecule has 0 radical (unpaired) electrons. The Morgan fingerprint density at radius 2 is 1.70 bits per heavy atom. The van der Waals surface area contributed by atoms with Crippen LogP contribution in [0.2, 0.25) is 0 Å². The number of likely N-dealkylation sites (tertiary alicyclic amines) is 1. The van der Waals surface area contributed by atoms with E-state index in [-0.39, 0.29) is 18.5 Å². The molecule has 0 spiro atoms. The molecule has 2 N–H and O–H groups in total. The lowest BCUT2D eigenvalue weighted by Crippen LogP contribution is -2.42. The molecule has 1 unspecified atom stereocenters. The number of methoxy groups -OCH3 is 1. The molecular weight excluding hydrogens is 380 g/mol. The van der Waals surface area contributed by atoms with E-state index in [0.29, 0.717) is 6.54 Å². The Morgan fingerprint density at radius 1 is 1.07 bits per heavy atom. The van der Waals surface area contributed by atoms with E-state index in [1.807, 2.05) is 42.5 Å². The first kappa shape index (κ1) is 22.3. The fraction of sp³-hybridized carbons (Fsp3) is 0.458. The first-order valence-corrected chi connectivity index (χ1v) is 10.6. The van der Waals surface area contributed by atoms with Crippen LogP contribution in [0.25, 0.3) is 0 Å². The van der Waals surface area contributed by atoms with E-state index < -0.39 is 6.10 Å². The van der Waals surface area contributed by atoms with Crippen LogP contribution >= 0.6 is 0 Å². The van der Waals surface area contributed by atoms with Crippen molar-refractivity contribution < 1.29 is 19.4 Å². The number of benzene rings is 2. The maximum Gasteiger partial charge on any atom is 0.308 e. The molecule has 6 heteroatoms. The van der Waals surface area contributed by atoms with Crippen LogP contribution in [-0.2, 0) is 22.6 Å². The van der Waals surface area contributed by atoms with Gasteiger partial charge in [0.2, 0.25) is 0 Å². The number of aliphatic hydroxyl groups excluding tert-OH is 1. The minimum atomic E-state index is -0.563. The molecule has 162 valence electrons. The van der Waals surface area contributed by atoms with Gasteiger partial charge in [0.1, 0.15) is 18.5 Å². The van der Waals surface area contributed by atoms with Crippen LogP contribution in [0.3, 0.4) is 0 Å². The predicted octanol–water partition coefficient (Wildman–Crippen LogP) is 2.60. The highest BCUT2D eigenvalue weighted by molar-refractivity contribution is 5.72. The Bertz CT molecular complexity index is 759. The summed E-state index contributed by atoms with van der Waals surface area (Å²) < 4.78 is 10.6. The third kappa shape index (κ3) is 7.13. The van der Waals surface area contributed by atoms with Crippen molar-refractivity contribution in [1.29, 1.82) is 0 Å². The molecule has 0 bridgehead atoms. The molecule has 0 aromatic heterocycles. The normalized spacial score (nSPS) is 16.2. The maximum atomic E-state index is 11.6. The number of carbonyl (C=O) groups excluding carboxylic acids is 1. The van der Waals surface area contributed by atoms with Gasteiger partial charge in [-0.1, -0.05) is 42.5 Å². The topological polar surface area (TPSA) is 71.0 Å². The van der Waals surface area contributed by atoms with Gasteiger partial charge in [0, 0.05) is 19.6 Å². The van der Waals surface area contributed by atoms with Gasteiger partial charge < -0.3 is 24.8 Å². The summed E-state index contributed by atoms with van der Waals surface area (Å²) in [5.41, 5.74) is 2.45. The van der Waals surface area contributed by atoms with Crippen molar-refractivity contribution in [3.63, 3.8) is 0 Å². The lowest BCUT2D eigenvalue weighted by Gasteiger charge is -2.31. The van der Waals surface area contributed by atoms with E-state index in [2.05, 4.69) is 22.3 Å². The molecule has 1 atom stereocenters. The Hall–Kier alpha value is -2.41. The van der Waals surface area contributed by atoms with Crippen LogP contribution in [-0.4, -0.2) is 55.4 Å². The van der Waals surface area contributed by atoms with E-state index in [9.17, 15) is 9.90 Å². The van der Waals surface area contributed by atoms with E-state index >= 15 is 0 Å². The minimum Gasteiger partial charge on any atom is -0.491 e. The van der Waals surface area contributed by atoms with Crippen molar-refractivity contribution in [3.8, 4) is 5.75 Å². The van der Waals surface area contributed by atoms with Gasteiger partial charge in [0.15, 0.2) is 0 Å². The number of nitrogens with zero attached hydrogens (tertiary/aromatic N) is 1. The highest BCUT2D eigenvalue weighted by Crippen LogP contribution is 2.19. The number of esters is 1. The van der Waals surface area contributed by atoms with Crippen molar-refractivity contribution in [3.05, 3.63) is 65.7 Å². The van der Waals surface area contributed by atoms with Gasteiger partial charge in [-0.25, -0.2) is 0 Å². The summed E-state index contributed by atoms with van der Waals surface area (Å²) in [6.07, 6.45) is 0.993. The summed E-state index contributed by atoms with van der Waals surface area (Å²) in [6, 6.07) is 18.3. The number of nitrogens with one attached hydrogen (secondary N) is 1. The second-order valence-corrected chi connectivity index (χ2v) is 7.80. The fourth-order valence-electron chi connectivity index (χ4n) is 3.71. The number of hydrogen-bond donors (Lipinski definition) is 2. The van der Waals surface area contributed by atoms with Crippen LogP contribution < -0.4 is 10.1 Å². The van der Waals surface area contributed by atoms with E-state index in [1.54, 1.807) is 0 Å². The molecule has 2 aromatic rings. The van der Waals surface area contributed by atoms with Gasteiger partial charge in [-0.05, 0) is 49.2 Å². The number of carbonyl (C=O) groups is 1. The predicted molar refractivity (Wildman–Crippen MR) is 116 cm³/mol. The molecule has 1 aliphatic rings. The molecule has 1 aliphatic heterocycles. The molecule has 6 nitrogen and oxygen atoms in total. The number of rotatable bonds is 10. The number of hydrogen-bond acceptors (Lipinski definition) is 6. The Balaban J connectivity index is 1.33. The van der Waals surface area contributed by atoms with Crippen molar-refractivity contribution in [1.82, 2.24) is 10.2 Å². The lowest BCUT2D eigenvalue weighted by atomic mass is 9.97. The third-order valence-electron chi connectivity index (χ3n) is 5.46. The molecule has 0 aliphatic carbocycles. The molecule has 30 heavy (non-hydrogen) atoms. The molecule has 1 heterocycles. The Labute approximate surface area is 178 Å². The van der Waals surface area contributed by atoms with Gasteiger partial charge in [-0.3, -0.25) is 4.79 Å². The van der Waals surface area contributed by atoms with Crippen LogP contribution in [0.4, 0.5) is 0 Å². The van der Waals surface area contributed by atoms with Crippen molar-refractivity contribution in [2.45, 2.75) is 32.0 Å². The first-order valence-electron chi connectivity index (χ1n) is 10.6. The van der Waals surface area contributed by atoms with Gasteiger partial charge in [0.05, 0.1) is 13.0 Å². The zero-order valence-electron chi connectivity index (χ0n) is 17.6. The maximum absolute atomic E-state index is 11.6. The van der Waals surface area contributed by atoms with Crippen LogP contribution in [0, 0.1) is 5.92 Å². The molecule has 0 saturated carbocycles. The van der Waals surface area contributed by atoms with Crippen molar-refractivity contribution in [2.75, 3.05) is 33.4 Å². The second kappa shape index (κ2) is 11.7. The summed E-state index contributed by atoms with van der Waals surface area (Å²) >= 11 is 0. The summed E-state index contributed by atoms with van der Waals surface area (Å²) in [6.45, 7) is 4.02. The van der Waals surface area contributed by atoms with Crippen molar-refractivity contribution >= 4 is 5.97 Å². The highest BCUT2D eigenvalue weighted by Gasteiger charge is 2.26. The van der Waals surface area contributed by atoms with E-state index in [1.165, 1.54) is 18.2 Å². The highest BCUT2D eigenvalue weighted by atomic mass is 16.5. The summed E-state index contributed by atoms with van der Waals surface area (Å²) in [4.78, 5) is 13.8. The average molecular weight is 413 g/mol. The van der Waals surface area contributed by atoms with Gasteiger partial charge >= 0.3 is 5.97 Å². The number of β-amino-alcohol motifs (C(OH)–C–C–N with tert-alkyl or cyclic N) is 1. The third-order valence-corrected chi connectivity index (χ3v) is 5.46. The first-order chi connectivity index (χ1) is 14.6. The number of aliphatic hydroxyl groups is 1. The standard InChI is InChI=1S/C24H32N2O4/c1-29-24(28)21-11-13-26(14-12-21)17-22(27)18-30-23-9-7-20(8-10-23)16-25-15-19-5-3-2-4-6-19/h2-10,21-22,25,27H,11-18H2,1H3. The SMILES string of the molecule is COC(=O)C1CCN(CC(O)COc2ccc(CNCc3ccccc3)cc2)CC1. The second-order valence-electron chi connectivity index (χ2n) is 7.80. The van der Waals surface area contributed by atoms with Crippen molar-refractivity contribution in [2.24, 2.45) is 5.92 Å². The lowest BCUT2D eigenvalue weighted by molar-refractivity contribution is -0.147. The summed E-state index contributed by atoms with van der Waals surface area (Å²) in [5.74, 6) is 0.614. The Morgan fingerprint density at radius 3 is 2.33 bits per heavy atom.